The van der Waals surface area contributed by atoms with Gasteiger partial charge in [0.2, 0.25) is 0 Å². The molecule has 2 rings (SSSR count). The Morgan fingerprint density at radius 2 is 2.20 bits per heavy atom. The van der Waals surface area contributed by atoms with E-state index in [-0.39, 0.29) is 5.82 Å². The fraction of sp³-hybridized carbons (Fsp3) is 0.571. The molecule has 112 valence electrons. The molecule has 3 N–H and O–H groups in total. The molecule has 1 aliphatic heterocycles. The second-order valence-corrected chi connectivity index (χ2v) is 5.71. The fourth-order valence-corrected chi connectivity index (χ4v) is 3.17. The number of nitrogens with one attached hydrogen (secondary N) is 1. The van der Waals surface area contributed by atoms with Crippen molar-refractivity contribution in [3.8, 4) is 0 Å². The first-order chi connectivity index (χ1) is 9.64. The van der Waals surface area contributed by atoms with E-state index in [4.69, 9.17) is 15.3 Å². The second-order valence-electron chi connectivity index (χ2n) is 4.85. The van der Waals surface area contributed by atoms with Crippen molar-refractivity contribution in [2.75, 3.05) is 19.8 Å². The highest BCUT2D eigenvalue weighted by atomic mass is 79.9. The third-order valence-electron chi connectivity index (χ3n) is 3.76. The van der Waals surface area contributed by atoms with Crippen LogP contribution in [0.5, 0.6) is 0 Å². The molecule has 1 aromatic carbocycles. The van der Waals surface area contributed by atoms with E-state index in [9.17, 15) is 4.39 Å². The predicted octanol–water partition coefficient (Wildman–Crippen LogP) is 2.68. The summed E-state index contributed by atoms with van der Waals surface area (Å²) in [7, 11) is 0. The van der Waals surface area contributed by atoms with Gasteiger partial charge in [-0.25, -0.2) is 9.82 Å². The van der Waals surface area contributed by atoms with Crippen molar-refractivity contribution >= 4 is 15.9 Å². The van der Waals surface area contributed by atoms with Gasteiger partial charge in [-0.05, 0) is 28.9 Å². The number of hydrogen-bond donors (Lipinski definition) is 2. The third kappa shape index (κ3) is 3.04. The summed E-state index contributed by atoms with van der Waals surface area (Å²) < 4.78 is 26.2. The Kier molecular flexibility index (Phi) is 5.51. The molecule has 1 unspecified atom stereocenters. The molecular weight excluding hydrogens is 327 g/mol. The highest BCUT2D eigenvalue weighted by Crippen LogP contribution is 2.39. The third-order valence-corrected chi connectivity index (χ3v) is 4.37. The van der Waals surface area contributed by atoms with Crippen LogP contribution in [0, 0.1) is 5.82 Å². The van der Waals surface area contributed by atoms with Crippen LogP contribution < -0.4 is 11.3 Å². The van der Waals surface area contributed by atoms with Crippen molar-refractivity contribution in [3.63, 3.8) is 0 Å². The van der Waals surface area contributed by atoms with Gasteiger partial charge in [-0.2, -0.15) is 0 Å². The molecule has 0 bridgehead atoms. The van der Waals surface area contributed by atoms with Gasteiger partial charge >= 0.3 is 0 Å². The standard InChI is InChI=1S/C14H20BrFN2O2/c1-2-20-14(6-8-19-9-7-14)13(18-17)10-4-3-5-11(15)12(10)16/h3-5,13,18H,2,6-9,17H2,1H3. The predicted molar refractivity (Wildman–Crippen MR) is 78.6 cm³/mol. The van der Waals surface area contributed by atoms with Crippen LogP contribution in [-0.2, 0) is 9.47 Å². The maximum Gasteiger partial charge on any atom is 0.142 e. The van der Waals surface area contributed by atoms with Crippen molar-refractivity contribution in [3.05, 3.63) is 34.1 Å². The molecule has 4 nitrogen and oxygen atoms in total. The molecule has 0 saturated carbocycles. The fourth-order valence-electron chi connectivity index (χ4n) is 2.79. The van der Waals surface area contributed by atoms with Gasteiger partial charge in [0.15, 0.2) is 0 Å². The smallest absolute Gasteiger partial charge is 0.142 e. The van der Waals surface area contributed by atoms with Crippen LogP contribution in [0.15, 0.2) is 22.7 Å². The molecule has 1 heterocycles. The van der Waals surface area contributed by atoms with Gasteiger partial charge in [0.25, 0.3) is 0 Å². The van der Waals surface area contributed by atoms with Crippen LogP contribution >= 0.6 is 15.9 Å². The van der Waals surface area contributed by atoms with Gasteiger partial charge in [-0.15, -0.1) is 0 Å². The zero-order valence-corrected chi connectivity index (χ0v) is 13.1. The Morgan fingerprint density at radius 3 is 2.80 bits per heavy atom. The van der Waals surface area contributed by atoms with E-state index >= 15 is 0 Å². The molecule has 0 aliphatic carbocycles. The monoisotopic (exact) mass is 346 g/mol. The number of hydrogen-bond acceptors (Lipinski definition) is 4. The van der Waals surface area contributed by atoms with Gasteiger partial charge in [-0.1, -0.05) is 12.1 Å². The van der Waals surface area contributed by atoms with E-state index in [1.165, 1.54) is 0 Å². The van der Waals surface area contributed by atoms with Gasteiger partial charge < -0.3 is 9.47 Å². The molecule has 0 radical (unpaired) electrons. The molecule has 1 fully saturated rings. The van der Waals surface area contributed by atoms with E-state index < -0.39 is 11.6 Å². The number of rotatable bonds is 5. The normalized spacial score (nSPS) is 19.8. The van der Waals surface area contributed by atoms with E-state index in [1.807, 2.05) is 6.92 Å². The minimum absolute atomic E-state index is 0.305. The van der Waals surface area contributed by atoms with E-state index in [1.54, 1.807) is 18.2 Å². The number of benzene rings is 1. The van der Waals surface area contributed by atoms with Gasteiger partial charge in [0.1, 0.15) is 5.82 Å². The minimum atomic E-state index is -0.538. The highest BCUT2D eigenvalue weighted by Gasteiger charge is 2.42. The van der Waals surface area contributed by atoms with Gasteiger partial charge in [0, 0.05) is 38.2 Å². The lowest BCUT2D eigenvalue weighted by atomic mass is 9.82. The van der Waals surface area contributed by atoms with Crippen molar-refractivity contribution < 1.29 is 13.9 Å². The average molecular weight is 347 g/mol. The summed E-state index contributed by atoms with van der Waals surface area (Å²) >= 11 is 3.22. The lowest BCUT2D eigenvalue weighted by Crippen LogP contribution is -2.52. The lowest BCUT2D eigenvalue weighted by molar-refractivity contribution is -0.128. The SMILES string of the molecule is CCOC1(C(NN)c2cccc(Br)c2F)CCOCC1. The first-order valence-corrected chi connectivity index (χ1v) is 7.55. The molecule has 0 spiro atoms. The molecule has 1 atom stereocenters. The summed E-state index contributed by atoms with van der Waals surface area (Å²) in [6, 6.07) is 4.79. The summed E-state index contributed by atoms with van der Waals surface area (Å²) in [6.45, 7) is 3.66. The quantitative estimate of drug-likeness (QED) is 0.635. The largest absolute Gasteiger partial charge is 0.381 e. The number of nitrogens with two attached hydrogens (primary N) is 1. The number of ether oxygens (including phenoxy) is 2. The summed E-state index contributed by atoms with van der Waals surface area (Å²) in [5.41, 5.74) is 2.71. The zero-order chi connectivity index (χ0) is 14.6. The molecule has 0 aromatic heterocycles. The minimum Gasteiger partial charge on any atom is -0.381 e. The van der Waals surface area contributed by atoms with E-state index in [0.717, 1.165) is 0 Å². The molecule has 1 saturated heterocycles. The van der Waals surface area contributed by atoms with Crippen LogP contribution in [0.2, 0.25) is 0 Å². The maximum absolute atomic E-state index is 14.4. The molecule has 6 heteroatoms. The van der Waals surface area contributed by atoms with Crippen LogP contribution in [0.4, 0.5) is 4.39 Å². The first kappa shape index (κ1) is 15.9. The van der Waals surface area contributed by atoms with E-state index in [2.05, 4.69) is 21.4 Å². The molecular formula is C14H20BrFN2O2. The van der Waals surface area contributed by atoms with Crippen molar-refractivity contribution in [1.29, 1.82) is 0 Å². The molecule has 20 heavy (non-hydrogen) atoms. The second kappa shape index (κ2) is 6.95. The average Bonchev–Trinajstić information content (AvgIpc) is 2.45. The molecule has 1 aliphatic rings. The van der Waals surface area contributed by atoms with Crippen LogP contribution in [-0.4, -0.2) is 25.4 Å². The van der Waals surface area contributed by atoms with E-state index in [0.29, 0.717) is 42.7 Å². The van der Waals surface area contributed by atoms with Crippen LogP contribution in [0.3, 0.4) is 0 Å². The first-order valence-electron chi connectivity index (χ1n) is 6.76. The Labute approximate surface area is 126 Å². The Morgan fingerprint density at radius 1 is 1.50 bits per heavy atom. The molecule has 1 aromatic rings. The zero-order valence-electron chi connectivity index (χ0n) is 11.5. The van der Waals surface area contributed by atoms with Crippen LogP contribution in [0.1, 0.15) is 31.4 Å². The highest BCUT2D eigenvalue weighted by molar-refractivity contribution is 9.10. The number of hydrazine groups is 1. The van der Waals surface area contributed by atoms with Crippen molar-refractivity contribution in [2.24, 2.45) is 5.84 Å². The lowest BCUT2D eigenvalue weighted by Gasteiger charge is -2.43. The summed E-state index contributed by atoms with van der Waals surface area (Å²) in [5.74, 6) is 5.41. The molecule has 0 amide bonds. The van der Waals surface area contributed by atoms with Gasteiger partial charge in [-0.3, -0.25) is 5.84 Å². The van der Waals surface area contributed by atoms with Gasteiger partial charge in [0.05, 0.1) is 16.1 Å². The summed E-state index contributed by atoms with van der Waals surface area (Å²) in [5, 5.41) is 0. The van der Waals surface area contributed by atoms with Crippen LogP contribution in [0.25, 0.3) is 0 Å². The van der Waals surface area contributed by atoms with Crippen molar-refractivity contribution in [2.45, 2.75) is 31.4 Å². The summed E-state index contributed by atoms with van der Waals surface area (Å²) in [4.78, 5) is 0. The Bertz CT molecular complexity index is 447. The number of halogens is 2. The Balaban J connectivity index is 2.39. The summed E-state index contributed by atoms with van der Waals surface area (Å²) in [6.07, 6.45) is 1.36. The van der Waals surface area contributed by atoms with Crippen molar-refractivity contribution in [1.82, 2.24) is 5.43 Å². The Hall–Kier alpha value is -0.530. The topological polar surface area (TPSA) is 56.5 Å². The maximum atomic E-state index is 14.4.